The second-order valence-electron chi connectivity index (χ2n) is 4.03. The van der Waals surface area contributed by atoms with Crippen LogP contribution in [-0.4, -0.2) is 19.5 Å². The molecule has 0 saturated heterocycles. The van der Waals surface area contributed by atoms with Gasteiger partial charge in [0.2, 0.25) is 5.78 Å². The van der Waals surface area contributed by atoms with E-state index in [1.807, 2.05) is 18.2 Å². The first kappa shape index (κ1) is 13.2. The second-order valence-corrected chi connectivity index (χ2v) is 4.03. The van der Waals surface area contributed by atoms with Crippen LogP contribution in [0, 0.1) is 0 Å². The van der Waals surface area contributed by atoms with Crippen LogP contribution < -0.4 is 9.47 Å². The average molecular weight is 260 g/mol. The molecule has 0 radical (unpaired) electrons. The molecule has 0 aliphatic heterocycles. The van der Waals surface area contributed by atoms with E-state index in [1.54, 1.807) is 19.2 Å². The minimum absolute atomic E-state index is 0.0741. The Morgan fingerprint density at radius 3 is 2.74 bits per heavy atom. The van der Waals surface area contributed by atoms with E-state index in [9.17, 15) is 4.79 Å². The van der Waals surface area contributed by atoms with Gasteiger partial charge in [0.15, 0.2) is 23.9 Å². The number of Topliss-reactive ketones (excluding diaryl/α,β-unsaturated/α-hetero) is 1. The zero-order valence-electron chi connectivity index (χ0n) is 11.0. The number of ketones is 1. The quantitative estimate of drug-likeness (QED) is 0.749. The molecule has 1 aromatic carbocycles. The first-order valence-corrected chi connectivity index (χ1v) is 6.11. The summed E-state index contributed by atoms with van der Waals surface area (Å²) >= 11 is 0. The molecule has 0 N–H and O–H groups in total. The van der Waals surface area contributed by atoms with Crippen LogP contribution in [0.5, 0.6) is 11.5 Å². The smallest absolute Gasteiger partial charge is 0.235 e. The van der Waals surface area contributed by atoms with Gasteiger partial charge >= 0.3 is 0 Å². The molecule has 0 atom stereocenters. The SMILES string of the molecule is CCc1ccc(OCC(=O)c2ccco2)c(OC)c1. The predicted octanol–water partition coefficient (Wildman–Crippen LogP) is 3.11. The summed E-state index contributed by atoms with van der Waals surface area (Å²) in [7, 11) is 1.58. The molecule has 0 spiro atoms. The van der Waals surface area contributed by atoms with Crippen LogP contribution in [0.2, 0.25) is 0 Å². The normalized spacial score (nSPS) is 10.2. The zero-order valence-corrected chi connectivity index (χ0v) is 11.0. The summed E-state index contributed by atoms with van der Waals surface area (Å²) in [5.74, 6) is 1.28. The molecule has 0 fully saturated rings. The van der Waals surface area contributed by atoms with Crippen molar-refractivity contribution in [1.82, 2.24) is 0 Å². The lowest BCUT2D eigenvalue weighted by molar-refractivity contribution is 0.0891. The Bertz CT molecular complexity index is 543. The van der Waals surface area contributed by atoms with Crippen molar-refractivity contribution in [2.75, 3.05) is 13.7 Å². The maximum atomic E-state index is 11.7. The number of furan rings is 1. The second kappa shape index (κ2) is 6.09. The van der Waals surface area contributed by atoms with Crippen LogP contribution in [0.1, 0.15) is 23.0 Å². The standard InChI is InChI=1S/C15H16O4/c1-3-11-6-7-14(15(9-11)17-2)19-10-12(16)13-5-4-8-18-13/h4-9H,3,10H2,1-2H3. The fourth-order valence-corrected chi connectivity index (χ4v) is 1.70. The highest BCUT2D eigenvalue weighted by molar-refractivity contribution is 5.94. The zero-order chi connectivity index (χ0) is 13.7. The third kappa shape index (κ3) is 3.16. The maximum absolute atomic E-state index is 11.7. The van der Waals surface area contributed by atoms with Gasteiger partial charge in [0.25, 0.3) is 0 Å². The summed E-state index contributed by atoms with van der Waals surface area (Å²) in [6.07, 6.45) is 2.38. The lowest BCUT2D eigenvalue weighted by Gasteiger charge is -2.10. The predicted molar refractivity (Wildman–Crippen MR) is 70.9 cm³/mol. The van der Waals surface area contributed by atoms with Gasteiger partial charge in [0.05, 0.1) is 13.4 Å². The molecule has 0 bridgehead atoms. The number of rotatable bonds is 6. The van der Waals surface area contributed by atoms with Crippen LogP contribution in [0.25, 0.3) is 0 Å². The van der Waals surface area contributed by atoms with Gasteiger partial charge in [-0.25, -0.2) is 0 Å². The number of benzene rings is 1. The third-order valence-electron chi connectivity index (χ3n) is 2.79. The van der Waals surface area contributed by atoms with E-state index >= 15 is 0 Å². The summed E-state index contributed by atoms with van der Waals surface area (Å²) in [5.41, 5.74) is 1.15. The highest BCUT2D eigenvalue weighted by atomic mass is 16.5. The van der Waals surface area contributed by atoms with Crippen molar-refractivity contribution >= 4 is 5.78 Å². The minimum Gasteiger partial charge on any atom is -0.493 e. The van der Waals surface area contributed by atoms with E-state index in [2.05, 4.69) is 6.92 Å². The Kier molecular flexibility index (Phi) is 4.23. The molecule has 0 aliphatic carbocycles. The molecule has 19 heavy (non-hydrogen) atoms. The number of hydrogen-bond acceptors (Lipinski definition) is 4. The number of carbonyl (C=O) groups is 1. The van der Waals surface area contributed by atoms with Gasteiger partial charge in [0.1, 0.15) is 0 Å². The van der Waals surface area contributed by atoms with Gasteiger partial charge < -0.3 is 13.9 Å². The van der Waals surface area contributed by atoms with Crippen molar-refractivity contribution in [1.29, 1.82) is 0 Å². The Morgan fingerprint density at radius 1 is 1.26 bits per heavy atom. The molecule has 0 saturated carbocycles. The van der Waals surface area contributed by atoms with Gasteiger partial charge in [-0.2, -0.15) is 0 Å². The van der Waals surface area contributed by atoms with Gasteiger partial charge in [-0.15, -0.1) is 0 Å². The first-order valence-electron chi connectivity index (χ1n) is 6.11. The Hall–Kier alpha value is -2.23. The number of ether oxygens (including phenoxy) is 2. The van der Waals surface area contributed by atoms with Crippen molar-refractivity contribution < 1.29 is 18.7 Å². The Morgan fingerprint density at radius 2 is 2.11 bits per heavy atom. The topological polar surface area (TPSA) is 48.7 Å². The maximum Gasteiger partial charge on any atom is 0.235 e. The van der Waals surface area contributed by atoms with Crippen molar-refractivity contribution in [2.45, 2.75) is 13.3 Å². The molecule has 100 valence electrons. The monoisotopic (exact) mass is 260 g/mol. The van der Waals surface area contributed by atoms with Gasteiger partial charge in [0, 0.05) is 0 Å². The molecule has 2 rings (SSSR count). The Balaban J connectivity index is 2.05. The lowest BCUT2D eigenvalue weighted by Crippen LogP contribution is -2.11. The van der Waals surface area contributed by atoms with Crippen molar-refractivity contribution in [3.05, 3.63) is 47.9 Å². The fourth-order valence-electron chi connectivity index (χ4n) is 1.70. The number of methoxy groups -OCH3 is 1. The van der Waals surface area contributed by atoms with Crippen molar-refractivity contribution in [3.63, 3.8) is 0 Å². The first-order chi connectivity index (χ1) is 9.24. The molecule has 0 amide bonds. The van der Waals surface area contributed by atoms with Gasteiger partial charge in [-0.3, -0.25) is 4.79 Å². The van der Waals surface area contributed by atoms with Gasteiger partial charge in [-0.05, 0) is 36.2 Å². The van der Waals surface area contributed by atoms with E-state index in [0.29, 0.717) is 17.3 Å². The highest BCUT2D eigenvalue weighted by Crippen LogP contribution is 2.28. The van der Waals surface area contributed by atoms with Gasteiger partial charge in [-0.1, -0.05) is 13.0 Å². The molecule has 0 aliphatic rings. The van der Waals surface area contributed by atoms with Crippen molar-refractivity contribution in [2.24, 2.45) is 0 Å². The molecule has 0 unspecified atom stereocenters. The summed E-state index contributed by atoms with van der Waals surface area (Å²) in [4.78, 5) is 11.7. The summed E-state index contributed by atoms with van der Waals surface area (Å²) in [6, 6.07) is 8.96. The summed E-state index contributed by atoms with van der Waals surface area (Å²) in [6.45, 7) is 1.99. The molecule has 2 aromatic rings. The van der Waals surface area contributed by atoms with Crippen LogP contribution in [0.15, 0.2) is 41.0 Å². The molecule has 4 nitrogen and oxygen atoms in total. The van der Waals surface area contributed by atoms with E-state index in [4.69, 9.17) is 13.9 Å². The molecule has 1 heterocycles. The molecule has 4 heteroatoms. The van der Waals surface area contributed by atoms with E-state index in [-0.39, 0.29) is 12.4 Å². The highest BCUT2D eigenvalue weighted by Gasteiger charge is 2.12. The minimum atomic E-state index is -0.202. The van der Waals surface area contributed by atoms with E-state index in [0.717, 1.165) is 12.0 Å². The lowest BCUT2D eigenvalue weighted by atomic mass is 10.1. The van der Waals surface area contributed by atoms with Crippen molar-refractivity contribution in [3.8, 4) is 11.5 Å². The Labute approximate surface area is 111 Å². The van der Waals surface area contributed by atoms with Crippen LogP contribution in [0.3, 0.4) is 0 Å². The molecule has 1 aromatic heterocycles. The molecular weight excluding hydrogens is 244 g/mol. The summed E-state index contributed by atoms with van der Waals surface area (Å²) < 4.78 is 15.7. The van der Waals surface area contributed by atoms with Crippen LogP contribution in [-0.2, 0) is 6.42 Å². The fraction of sp³-hybridized carbons (Fsp3) is 0.267. The van der Waals surface area contributed by atoms with Crippen LogP contribution >= 0.6 is 0 Å². The molecular formula is C15H16O4. The van der Waals surface area contributed by atoms with Crippen LogP contribution in [0.4, 0.5) is 0 Å². The number of hydrogen-bond donors (Lipinski definition) is 0. The third-order valence-corrected chi connectivity index (χ3v) is 2.79. The number of aryl methyl sites for hydroxylation is 1. The number of carbonyl (C=O) groups excluding carboxylic acids is 1. The van der Waals surface area contributed by atoms with E-state index < -0.39 is 0 Å². The van der Waals surface area contributed by atoms with E-state index in [1.165, 1.54) is 6.26 Å². The summed E-state index contributed by atoms with van der Waals surface area (Å²) in [5, 5.41) is 0. The largest absolute Gasteiger partial charge is 0.493 e. The average Bonchev–Trinajstić information content (AvgIpc) is 2.98.